The SMILES string of the molecule is C[C@@H](O)[C@H](NCc1ccc(OCc2cccc(-c3ccccc3)c2Br)cc1OCc1cccc(C#N)c1)C(=O)O. The molecule has 40 heavy (non-hydrogen) atoms. The quantitative estimate of drug-likeness (QED) is 0.181. The largest absolute Gasteiger partial charge is 0.489 e. The van der Waals surface area contributed by atoms with Crippen molar-refractivity contribution in [2.75, 3.05) is 0 Å². The third kappa shape index (κ3) is 7.48. The topological polar surface area (TPSA) is 112 Å². The highest BCUT2D eigenvalue weighted by Gasteiger charge is 2.23. The lowest BCUT2D eigenvalue weighted by molar-refractivity contribution is -0.142. The van der Waals surface area contributed by atoms with Crippen LogP contribution in [-0.2, 0) is 24.6 Å². The van der Waals surface area contributed by atoms with Crippen LogP contribution in [0.25, 0.3) is 11.1 Å². The lowest BCUT2D eigenvalue weighted by Gasteiger charge is -2.19. The number of aliphatic carboxylic acids is 1. The van der Waals surface area contributed by atoms with Gasteiger partial charge in [0.1, 0.15) is 30.8 Å². The molecule has 4 aromatic carbocycles. The van der Waals surface area contributed by atoms with Gasteiger partial charge in [0.05, 0.1) is 17.7 Å². The molecule has 3 N–H and O–H groups in total. The van der Waals surface area contributed by atoms with E-state index in [0.29, 0.717) is 29.2 Å². The van der Waals surface area contributed by atoms with E-state index in [9.17, 15) is 20.3 Å². The summed E-state index contributed by atoms with van der Waals surface area (Å²) >= 11 is 3.73. The maximum atomic E-state index is 11.5. The van der Waals surface area contributed by atoms with Gasteiger partial charge >= 0.3 is 5.97 Å². The molecule has 0 bridgehead atoms. The number of ether oxygens (including phenoxy) is 2. The van der Waals surface area contributed by atoms with Crippen LogP contribution in [0.5, 0.6) is 11.5 Å². The number of nitriles is 1. The summed E-state index contributed by atoms with van der Waals surface area (Å²) in [5, 5.41) is 31.4. The van der Waals surface area contributed by atoms with Crippen LogP contribution in [0, 0.1) is 11.3 Å². The number of carbonyl (C=O) groups is 1. The first-order valence-electron chi connectivity index (χ1n) is 12.7. The van der Waals surface area contributed by atoms with E-state index in [2.05, 4.69) is 45.5 Å². The fourth-order valence-electron chi connectivity index (χ4n) is 4.17. The van der Waals surface area contributed by atoms with E-state index >= 15 is 0 Å². The Bertz CT molecular complexity index is 1500. The first kappa shape index (κ1) is 28.8. The molecule has 0 amide bonds. The van der Waals surface area contributed by atoms with Crippen molar-refractivity contribution in [1.82, 2.24) is 5.32 Å². The van der Waals surface area contributed by atoms with Gasteiger partial charge in [-0.2, -0.15) is 5.26 Å². The van der Waals surface area contributed by atoms with Crippen molar-refractivity contribution in [1.29, 1.82) is 5.26 Å². The number of carboxylic acid groups (broad SMARTS) is 1. The minimum Gasteiger partial charge on any atom is -0.489 e. The van der Waals surface area contributed by atoms with Gasteiger partial charge in [-0.05, 0) is 57.7 Å². The molecule has 0 spiro atoms. The highest BCUT2D eigenvalue weighted by molar-refractivity contribution is 9.10. The lowest BCUT2D eigenvalue weighted by atomic mass is 10.0. The summed E-state index contributed by atoms with van der Waals surface area (Å²) < 4.78 is 13.2. The van der Waals surface area contributed by atoms with Gasteiger partial charge in [-0.15, -0.1) is 0 Å². The average Bonchev–Trinajstić information content (AvgIpc) is 2.96. The van der Waals surface area contributed by atoms with Crippen LogP contribution in [0.3, 0.4) is 0 Å². The Kier molecular flexibility index (Phi) is 9.92. The number of hydrogen-bond donors (Lipinski definition) is 3. The molecule has 0 radical (unpaired) electrons. The molecular formula is C32H29BrN2O5. The number of rotatable bonds is 12. The predicted octanol–water partition coefficient (Wildman–Crippen LogP) is 6.07. The number of nitrogens with zero attached hydrogens (tertiary/aromatic N) is 1. The van der Waals surface area contributed by atoms with Crippen molar-refractivity contribution >= 4 is 21.9 Å². The Hall–Kier alpha value is -4.16. The van der Waals surface area contributed by atoms with Crippen molar-refractivity contribution in [2.45, 2.75) is 38.8 Å². The number of nitrogens with one attached hydrogen (secondary N) is 1. The number of aliphatic hydroxyl groups is 1. The first-order valence-corrected chi connectivity index (χ1v) is 13.5. The molecule has 0 aliphatic heterocycles. The van der Waals surface area contributed by atoms with Crippen LogP contribution in [0.1, 0.15) is 29.2 Å². The Balaban J connectivity index is 1.54. The van der Waals surface area contributed by atoms with Crippen LogP contribution < -0.4 is 14.8 Å². The van der Waals surface area contributed by atoms with Gasteiger partial charge in [-0.1, -0.05) is 66.7 Å². The second-order valence-corrected chi connectivity index (χ2v) is 10.0. The zero-order valence-electron chi connectivity index (χ0n) is 21.9. The molecular weight excluding hydrogens is 572 g/mol. The second kappa shape index (κ2) is 13.8. The van der Waals surface area contributed by atoms with Crippen LogP contribution >= 0.6 is 15.9 Å². The number of halogens is 1. The Morgan fingerprint density at radius 3 is 2.45 bits per heavy atom. The average molecular weight is 601 g/mol. The predicted molar refractivity (Wildman–Crippen MR) is 156 cm³/mol. The van der Waals surface area contributed by atoms with Crippen LogP contribution in [0.15, 0.2) is 95.5 Å². The Labute approximate surface area is 241 Å². The van der Waals surface area contributed by atoms with Crippen LogP contribution in [0.4, 0.5) is 0 Å². The van der Waals surface area contributed by atoms with E-state index < -0.39 is 18.1 Å². The molecule has 7 nitrogen and oxygen atoms in total. The van der Waals surface area contributed by atoms with Crippen molar-refractivity contribution < 1.29 is 24.5 Å². The number of carboxylic acids is 1. The summed E-state index contributed by atoms with van der Waals surface area (Å²) in [5.74, 6) is -0.0694. The summed E-state index contributed by atoms with van der Waals surface area (Å²) in [7, 11) is 0. The van der Waals surface area contributed by atoms with E-state index in [-0.39, 0.29) is 13.2 Å². The number of hydrogen-bond acceptors (Lipinski definition) is 6. The maximum Gasteiger partial charge on any atom is 0.323 e. The van der Waals surface area contributed by atoms with Gasteiger partial charge in [0, 0.05) is 28.2 Å². The van der Waals surface area contributed by atoms with Crippen molar-refractivity contribution in [3.05, 3.63) is 118 Å². The molecule has 0 saturated heterocycles. The van der Waals surface area contributed by atoms with Crippen LogP contribution in [-0.4, -0.2) is 28.3 Å². The fourth-order valence-corrected chi connectivity index (χ4v) is 4.78. The van der Waals surface area contributed by atoms with Crippen molar-refractivity contribution in [3.63, 3.8) is 0 Å². The molecule has 0 heterocycles. The molecule has 0 saturated carbocycles. The Morgan fingerprint density at radius 2 is 1.73 bits per heavy atom. The minimum atomic E-state index is -1.14. The van der Waals surface area contributed by atoms with E-state index in [1.807, 2.05) is 36.4 Å². The third-order valence-corrected chi connectivity index (χ3v) is 7.24. The normalized spacial score (nSPS) is 12.2. The summed E-state index contributed by atoms with van der Waals surface area (Å²) in [6.45, 7) is 2.09. The smallest absolute Gasteiger partial charge is 0.323 e. The minimum absolute atomic E-state index is 0.153. The number of aliphatic hydroxyl groups excluding tert-OH is 1. The molecule has 0 aliphatic rings. The zero-order chi connectivity index (χ0) is 28.5. The number of benzene rings is 4. The Morgan fingerprint density at radius 1 is 0.950 bits per heavy atom. The molecule has 204 valence electrons. The van der Waals surface area contributed by atoms with Gasteiger partial charge in [-0.3, -0.25) is 10.1 Å². The lowest BCUT2D eigenvalue weighted by Crippen LogP contribution is -2.44. The highest BCUT2D eigenvalue weighted by Crippen LogP contribution is 2.32. The molecule has 0 aromatic heterocycles. The first-order chi connectivity index (χ1) is 19.4. The van der Waals surface area contributed by atoms with E-state index in [1.54, 1.807) is 36.4 Å². The monoisotopic (exact) mass is 600 g/mol. The van der Waals surface area contributed by atoms with Gasteiger partial charge < -0.3 is 19.7 Å². The fraction of sp³-hybridized carbons (Fsp3) is 0.188. The highest BCUT2D eigenvalue weighted by atomic mass is 79.9. The van der Waals surface area contributed by atoms with Gasteiger partial charge in [0.25, 0.3) is 0 Å². The van der Waals surface area contributed by atoms with Gasteiger partial charge in [-0.25, -0.2) is 0 Å². The maximum absolute atomic E-state index is 11.5. The van der Waals surface area contributed by atoms with E-state index in [1.165, 1.54) is 6.92 Å². The van der Waals surface area contributed by atoms with E-state index in [4.69, 9.17) is 9.47 Å². The van der Waals surface area contributed by atoms with Crippen molar-refractivity contribution in [2.24, 2.45) is 0 Å². The third-order valence-electron chi connectivity index (χ3n) is 6.31. The standard InChI is InChI=1S/C32H29BrN2O5/c1-21(36)31(32(37)38)35-18-25-13-14-27(16-29(25)40-19-23-8-5-7-22(15-23)17-34)39-20-26-11-6-12-28(30(26)33)24-9-3-2-4-10-24/h2-16,21,31,35-36H,18-20H2,1H3,(H,37,38)/t21-,31+/m1/s1. The summed E-state index contributed by atoms with van der Waals surface area (Å²) in [5.41, 5.74) is 5.19. The summed E-state index contributed by atoms with van der Waals surface area (Å²) in [6, 6.07) is 29.6. The zero-order valence-corrected chi connectivity index (χ0v) is 23.5. The molecule has 4 aromatic rings. The van der Waals surface area contributed by atoms with E-state index in [0.717, 1.165) is 26.7 Å². The summed E-state index contributed by atoms with van der Waals surface area (Å²) in [6.07, 6.45) is -1.08. The second-order valence-electron chi connectivity index (χ2n) is 9.24. The summed E-state index contributed by atoms with van der Waals surface area (Å²) in [4.78, 5) is 11.5. The van der Waals surface area contributed by atoms with Gasteiger partial charge in [0.15, 0.2) is 0 Å². The molecule has 0 fully saturated rings. The molecule has 2 atom stereocenters. The van der Waals surface area contributed by atoms with Crippen molar-refractivity contribution in [3.8, 4) is 28.7 Å². The molecule has 0 aliphatic carbocycles. The molecule has 8 heteroatoms. The molecule has 4 rings (SSSR count). The molecule has 0 unspecified atom stereocenters. The van der Waals surface area contributed by atoms with Gasteiger partial charge in [0.2, 0.25) is 0 Å². The van der Waals surface area contributed by atoms with Crippen LogP contribution in [0.2, 0.25) is 0 Å².